The Bertz CT molecular complexity index is 1410. The molecule has 8 nitrogen and oxygen atoms in total. The van der Waals surface area contributed by atoms with Crippen molar-refractivity contribution >= 4 is 23.9 Å². The van der Waals surface area contributed by atoms with Crippen molar-refractivity contribution in [3.63, 3.8) is 0 Å². The SMILES string of the molecule is CCCCOC(=O)c1cc(OC(=O)c2ccccc2)c(OC(=O)c2ccccc2)c(OC(=O)c2ccccc2)c1. The molecule has 40 heavy (non-hydrogen) atoms. The van der Waals surface area contributed by atoms with E-state index in [2.05, 4.69) is 0 Å². The summed E-state index contributed by atoms with van der Waals surface area (Å²) >= 11 is 0. The summed E-state index contributed by atoms with van der Waals surface area (Å²) in [6.07, 6.45) is 1.45. The molecule has 0 radical (unpaired) electrons. The van der Waals surface area contributed by atoms with Crippen molar-refractivity contribution < 1.29 is 38.1 Å². The van der Waals surface area contributed by atoms with E-state index >= 15 is 0 Å². The van der Waals surface area contributed by atoms with Crippen LogP contribution in [-0.4, -0.2) is 30.5 Å². The minimum Gasteiger partial charge on any atom is -0.462 e. The molecule has 0 bridgehead atoms. The van der Waals surface area contributed by atoms with Crippen molar-refractivity contribution in [2.45, 2.75) is 19.8 Å². The van der Waals surface area contributed by atoms with E-state index in [0.717, 1.165) is 6.42 Å². The highest BCUT2D eigenvalue weighted by Crippen LogP contribution is 2.40. The van der Waals surface area contributed by atoms with Crippen molar-refractivity contribution in [2.24, 2.45) is 0 Å². The summed E-state index contributed by atoms with van der Waals surface area (Å²) in [6, 6.07) is 26.8. The average Bonchev–Trinajstić information content (AvgIpc) is 2.99. The van der Waals surface area contributed by atoms with Gasteiger partial charge in [0.05, 0.1) is 28.9 Å². The van der Waals surface area contributed by atoms with Crippen LogP contribution in [0.2, 0.25) is 0 Å². The first-order valence-electron chi connectivity index (χ1n) is 12.6. The molecule has 4 aromatic carbocycles. The zero-order valence-electron chi connectivity index (χ0n) is 21.7. The lowest BCUT2D eigenvalue weighted by molar-refractivity contribution is 0.0495. The highest BCUT2D eigenvalue weighted by molar-refractivity contribution is 5.97. The number of unbranched alkanes of at least 4 members (excludes halogenated alkanes) is 1. The molecule has 0 amide bonds. The first-order valence-corrected chi connectivity index (χ1v) is 12.6. The van der Waals surface area contributed by atoms with E-state index in [1.807, 2.05) is 6.92 Å². The van der Waals surface area contributed by atoms with Crippen LogP contribution in [0.3, 0.4) is 0 Å². The Morgan fingerprint density at radius 1 is 0.525 bits per heavy atom. The van der Waals surface area contributed by atoms with Gasteiger partial charge in [-0.2, -0.15) is 0 Å². The van der Waals surface area contributed by atoms with Crippen molar-refractivity contribution in [3.05, 3.63) is 125 Å². The fourth-order valence-electron chi connectivity index (χ4n) is 3.53. The molecule has 0 unspecified atom stereocenters. The number of carbonyl (C=O) groups is 4. The Morgan fingerprint density at radius 3 is 1.32 bits per heavy atom. The van der Waals surface area contributed by atoms with E-state index < -0.39 is 23.9 Å². The zero-order valence-corrected chi connectivity index (χ0v) is 21.7. The lowest BCUT2D eigenvalue weighted by Crippen LogP contribution is -2.16. The Kier molecular flexibility index (Phi) is 9.39. The highest BCUT2D eigenvalue weighted by atomic mass is 16.6. The Hall–Kier alpha value is -5.24. The Labute approximate surface area is 231 Å². The smallest absolute Gasteiger partial charge is 0.343 e. The molecule has 4 rings (SSSR count). The quantitative estimate of drug-likeness (QED) is 0.132. The third-order valence-electron chi connectivity index (χ3n) is 5.62. The predicted octanol–water partition coefficient (Wildman–Crippen LogP) is 6.30. The molecule has 0 heterocycles. The van der Waals surface area contributed by atoms with Crippen LogP contribution in [0.4, 0.5) is 0 Å². The van der Waals surface area contributed by atoms with Gasteiger partial charge >= 0.3 is 23.9 Å². The van der Waals surface area contributed by atoms with Gasteiger partial charge in [0, 0.05) is 0 Å². The summed E-state index contributed by atoms with van der Waals surface area (Å²) in [4.78, 5) is 51.9. The number of benzene rings is 4. The summed E-state index contributed by atoms with van der Waals surface area (Å²) in [6.45, 7) is 2.12. The van der Waals surface area contributed by atoms with Gasteiger partial charge in [-0.05, 0) is 55.0 Å². The van der Waals surface area contributed by atoms with E-state index in [-0.39, 0.29) is 46.1 Å². The van der Waals surface area contributed by atoms with Gasteiger partial charge in [0.15, 0.2) is 11.5 Å². The van der Waals surface area contributed by atoms with Crippen LogP contribution in [0.5, 0.6) is 17.2 Å². The number of esters is 4. The number of hydrogen-bond acceptors (Lipinski definition) is 8. The average molecular weight is 539 g/mol. The van der Waals surface area contributed by atoms with Crippen LogP contribution in [0.15, 0.2) is 103 Å². The van der Waals surface area contributed by atoms with Gasteiger partial charge in [-0.25, -0.2) is 19.2 Å². The minimum absolute atomic E-state index is 0.0673. The molecule has 0 saturated carbocycles. The maximum Gasteiger partial charge on any atom is 0.343 e. The standard InChI is InChI=1S/C32H26O8/c1-2-3-19-37-29(33)25-20-26(38-30(34)22-13-7-4-8-14-22)28(40-32(36)24-17-11-6-12-18-24)27(21-25)39-31(35)23-15-9-5-10-16-23/h4-18,20-21H,2-3,19H2,1H3. The van der Waals surface area contributed by atoms with Gasteiger partial charge in [0.25, 0.3) is 0 Å². The van der Waals surface area contributed by atoms with E-state index in [4.69, 9.17) is 18.9 Å². The Morgan fingerprint density at radius 2 is 0.925 bits per heavy atom. The van der Waals surface area contributed by atoms with Crippen LogP contribution in [0.25, 0.3) is 0 Å². The van der Waals surface area contributed by atoms with Crippen LogP contribution >= 0.6 is 0 Å². The Balaban J connectivity index is 1.79. The lowest BCUT2D eigenvalue weighted by Gasteiger charge is -2.16. The van der Waals surface area contributed by atoms with Crippen molar-refractivity contribution in [3.8, 4) is 17.2 Å². The molecule has 0 aliphatic rings. The maximum absolute atomic E-state index is 13.0. The lowest BCUT2D eigenvalue weighted by atomic mass is 10.1. The predicted molar refractivity (Wildman–Crippen MR) is 146 cm³/mol. The fraction of sp³-hybridized carbons (Fsp3) is 0.125. The second-order valence-corrected chi connectivity index (χ2v) is 8.56. The highest BCUT2D eigenvalue weighted by Gasteiger charge is 2.26. The molecule has 4 aromatic rings. The number of ether oxygens (including phenoxy) is 4. The molecular weight excluding hydrogens is 512 g/mol. The third kappa shape index (κ3) is 7.20. The molecule has 0 fully saturated rings. The summed E-state index contributed by atoms with van der Waals surface area (Å²) in [5, 5.41) is 0. The van der Waals surface area contributed by atoms with Crippen LogP contribution in [0, 0.1) is 0 Å². The monoisotopic (exact) mass is 538 g/mol. The largest absolute Gasteiger partial charge is 0.462 e. The molecule has 8 heteroatoms. The van der Waals surface area contributed by atoms with Gasteiger partial charge < -0.3 is 18.9 Å². The van der Waals surface area contributed by atoms with Crippen LogP contribution in [-0.2, 0) is 4.74 Å². The van der Waals surface area contributed by atoms with Crippen molar-refractivity contribution in [1.82, 2.24) is 0 Å². The molecule has 0 N–H and O–H groups in total. The van der Waals surface area contributed by atoms with Gasteiger partial charge in [0.2, 0.25) is 5.75 Å². The summed E-state index contributed by atoms with van der Waals surface area (Å²) in [5.74, 6) is -4.06. The maximum atomic E-state index is 13.0. The van der Waals surface area contributed by atoms with Crippen LogP contribution < -0.4 is 14.2 Å². The second-order valence-electron chi connectivity index (χ2n) is 8.56. The van der Waals surface area contributed by atoms with E-state index in [0.29, 0.717) is 6.42 Å². The summed E-state index contributed by atoms with van der Waals surface area (Å²) in [5.41, 5.74) is 0.553. The number of rotatable bonds is 10. The first kappa shape index (κ1) is 27.8. The van der Waals surface area contributed by atoms with E-state index in [9.17, 15) is 19.2 Å². The zero-order chi connectivity index (χ0) is 28.3. The van der Waals surface area contributed by atoms with Crippen LogP contribution in [0.1, 0.15) is 61.2 Å². The van der Waals surface area contributed by atoms with Crippen molar-refractivity contribution in [1.29, 1.82) is 0 Å². The molecule has 0 aromatic heterocycles. The molecule has 0 spiro atoms. The third-order valence-corrected chi connectivity index (χ3v) is 5.62. The normalized spacial score (nSPS) is 10.3. The van der Waals surface area contributed by atoms with E-state index in [1.54, 1.807) is 54.6 Å². The molecule has 0 saturated heterocycles. The van der Waals surface area contributed by atoms with Gasteiger partial charge in [-0.15, -0.1) is 0 Å². The summed E-state index contributed by atoms with van der Waals surface area (Å²) in [7, 11) is 0. The summed E-state index contributed by atoms with van der Waals surface area (Å²) < 4.78 is 22.1. The topological polar surface area (TPSA) is 105 Å². The van der Waals surface area contributed by atoms with E-state index in [1.165, 1.54) is 48.5 Å². The molecule has 0 aliphatic heterocycles. The number of hydrogen-bond donors (Lipinski definition) is 0. The number of carbonyl (C=O) groups excluding carboxylic acids is 4. The first-order chi connectivity index (χ1) is 19.5. The molecular formula is C32H26O8. The molecule has 0 aliphatic carbocycles. The second kappa shape index (κ2) is 13.5. The molecule has 202 valence electrons. The van der Waals surface area contributed by atoms with Gasteiger partial charge in [-0.3, -0.25) is 0 Å². The van der Waals surface area contributed by atoms with Crippen molar-refractivity contribution in [2.75, 3.05) is 6.61 Å². The van der Waals surface area contributed by atoms with Gasteiger partial charge in [-0.1, -0.05) is 67.9 Å². The van der Waals surface area contributed by atoms with Gasteiger partial charge in [0.1, 0.15) is 0 Å². The fourth-order valence-corrected chi connectivity index (χ4v) is 3.53. The molecule has 0 atom stereocenters. The minimum atomic E-state index is -0.798.